The Balaban J connectivity index is 2.08. The molecule has 0 unspecified atom stereocenters. The zero-order valence-corrected chi connectivity index (χ0v) is 11.0. The van der Waals surface area contributed by atoms with E-state index in [9.17, 15) is 4.79 Å². The predicted molar refractivity (Wildman–Crippen MR) is 74.4 cm³/mol. The van der Waals surface area contributed by atoms with Crippen molar-refractivity contribution in [2.45, 2.75) is 19.9 Å². The summed E-state index contributed by atoms with van der Waals surface area (Å²) in [7, 11) is 0. The summed E-state index contributed by atoms with van der Waals surface area (Å²) in [6.45, 7) is 2.79. The second-order valence-corrected chi connectivity index (χ2v) is 5.18. The monoisotopic (exact) mass is 261 g/mol. The van der Waals surface area contributed by atoms with E-state index in [4.69, 9.17) is 5.11 Å². The SMILES string of the molecule is CCc1ccc(CNc2ccccc2C(=O)O)s1. The highest BCUT2D eigenvalue weighted by Crippen LogP contribution is 2.20. The Morgan fingerprint density at radius 2 is 1.94 bits per heavy atom. The summed E-state index contributed by atoms with van der Waals surface area (Å²) in [6.07, 6.45) is 1.04. The van der Waals surface area contributed by atoms with Gasteiger partial charge in [-0.05, 0) is 30.7 Å². The number of rotatable bonds is 5. The lowest BCUT2D eigenvalue weighted by molar-refractivity contribution is 0.0698. The van der Waals surface area contributed by atoms with Crippen LogP contribution in [0.2, 0.25) is 0 Å². The van der Waals surface area contributed by atoms with Crippen LogP contribution in [-0.4, -0.2) is 11.1 Å². The average molecular weight is 261 g/mol. The zero-order valence-electron chi connectivity index (χ0n) is 10.1. The van der Waals surface area contributed by atoms with Crippen molar-refractivity contribution in [1.82, 2.24) is 0 Å². The summed E-state index contributed by atoms with van der Waals surface area (Å²) in [4.78, 5) is 13.6. The average Bonchev–Trinajstić information content (AvgIpc) is 2.84. The van der Waals surface area contributed by atoms with Crippen LogP contribution in [0.4, 0.5) is 5.69 Å². The molecule has 0 aliphatic rings. The lowest BCUT2D eigenvalue weighted by Gasteiger charge is -2.07. The maximum atomic E-state index is 11.0. The Bertz CT molecular complexity index is 548. The van der Waals surface area contributed by atoms with Gasteiger partial charge in [0.2, 0.25) is 0 Å². The molecule has 0 atom stereocenters. The van der Waals surface area contributed by atoms with Crippen molar-refractivity contribution >= 4 is 23.0 Å². The van der Waals surface area contributed by atoms with E-state index < -0.39 is 5.97 Å². The molecule has 0 amide bonds. The second kappa shape index (κ2) is 5.69. The summed E-state index contributed by atoms with van der Waals surface area (Å²) >= 11 is 1.76. The molecule has 0 aliphatic heterocycles. The van der Waals surface area contributed by atoms with Gasteiger partial charge in [-0.25, -0.2) is 4.79 Å². The molecule has 1 aromatic carbocycles. The summed E-state index contributed by atoms with van der Waals surface area (Å²) in [5.74, 6) is -0.904. The molecular formula is C14H15NO2S. The number of thiophene rings is 1. The molecule has 3 nitrogen and oxygen atoms in total. The fraction of sp³-hybridized carbons (Fsp3) is 0.214. The molecule has 2 N–H and O–H groups in total. The summed E-state index contributed by atoms with van der Waals surface area (Å²) in [5.41, 5.74) is 0.973. The van der Waals surface area contributed by atoms with E-state index in [0.29, 0.717) is 17.8 Å². The van der Waals surface area contributed by atoms with Crippen molar-refractivity contribution in [3.63, 3.8) is 0 Å². The molecule has 1 heterocycles. The Labute approximate surface area is 110 Å². The third-order valence-electron chi connectivity index (χ3n) is 2.68. The molecule has 2 rings (SSSR count). The number of para-hydroxylation sites is 1. The second-order valence-electron chi connectivity index (χ2n) is 3.93. The quantitative estimate of drug-likeness (QED) is 0.864. The molecule has 1 aromatic heterocycles. The molecule has 0 fully saturated rings. The van der Waals surface area contributed by atoms with Crippen molar-refractivity contribution < 1.29 is 9.90 Å². The minimum Gasteiger partial charge on any atom is -0.478 e. The summed E-state index contributed by atoms with van der Waals surface area (Å²) in [6, 6.07) is 11.2. The lowest BCUT2D eigenvalue weighted by atomic mass is 10.2. The zero-order chi connectivity index (χ0) is 13.0. The van der Waals surface area contributed by atoms with Gasteiger partial charge in [-0.2, -0.15) is 0 Å². The third-order valence-corrected chi connectivity index (χ3v) is 3.91. The van der Waals surface area contributed by atoms with Crippen LogP contribution in [0.15, 0.2) is 36.4 Å². The molecule has 18 heavy (non-hydrogen) atoms. The minimum atomic E-state index is -0.904. The van der Waals surface area contributed by atoms with Gasteiger partial charge in [0.25, 0.3) is 0 Å². The fourth-order valence-electron chi connectivity index (χ4n) is 1.71. The minimum absolute atomic E-state index is 0.310. The first-order valence-electron chi connectivity index (χ1n) is 5.84. The van der Waals surface area contributed by atoms with Crippen LogP contribution >= 0.6 is 11.3 Å². The normalized spacial score (nSPS) is 10.3. The molecule has 94 valence electrons. The van der Waals surface area contributed by atoms with Crippen LogP contribution in [0.5, 0.6) is 0 Å². The van der Waals surface area contributed by atoms with Crippen LogP contribution in [-0.2, 0) is 13.0 Å². The number of benzene rings is 1. The number of hydrogen-bond donors (Lipinski definition) is 2. The van der Waals surface area contributed by atoms with Gasteiger partial charge < -0.3 is 10.4 Å². The van der Waals surface area contributed by atoms with Gasteiger partial charge in [0.05, 0.1) is 5.56 Å². The van der Waals surface area contributed by atoms with E-state index in [1.165, 1.54) is 9.75 Å². The standard InChI is InChI=1S/C14H15NO2S/c1-2-10-7-8-11(18-10)9-15-13-6-4-3-5-12(13)14(16)17/h3-8,15H,2,9H2,1H3,(H,16,17). The first-order valence-corrected chi connectivity index (χ1v) is 6.66. The van der Waals surface area contributed by atoms with Gasteiger partial charge in [-0.15, -0.1) is 11.3 Å². The van der Waals surface area contributed by atoms with E-state index >= 15 is 0 Å². The maximum Gasteiger partial charge on any atom is 0.337 e. The third kappa shape index (κ3) is 2.90. The van der Waals surface area contributed by atoms with Crippen molar-refractivity contribution in [3.8, 4) is 0 Å². The predicted octanol–water partition coefficient (Wildman–Crippen LogP) is 3.62. The highest BCUT2D eigenvalue weighted by atomic mass is 32.1. The number of aromatic carboxylic acids is 1. The van der Waals surface area contributed by atoms with E-state index in [0.717, 1.165) is 6.42 Å². The van der Waals surface area contributed by atoms with Crippen LogP contribution in [0.1, 0.15) is 27.0 Å². The van der Waals surface area contributed by atoms with Crippen molar-refractivity contribution in [2.24, 2.45) is 0 Å². The first kappa shape index (κ1) is 12.6. The molecular weight excluding hydrogens is 246 g/mol. The topological polar surface area (TPSA) is 49.3 Å². The number of anilines is 1. The van der Waals surface area contributed by atoms with Crippen molar-refractivity contribution in [1.29, 1.82) is 0 Å². The lowest BCUT2D eigenvalue weighted by Crippen LogP contribution is -2.05. The van der Waals surface area contributed by atoms with Gasteiger partial charge >= 0.3 is 5.97 Å². The van der Waals surface area contributed by atoms with Gasteiger partial charge in [0.15, 0.2) is 0 Å². The molecule has 0 radical (unpaired) electrons. The molecule has 0 saturated heterocycles. The summed E-state index contributed by atoms with van der Waals surface area (Å²) < 4.78 is 0. The van der Waals surface area contributed by atoms with Crippen molar-refractivity contribution in [2.75, 3.05) is 5.32 Å². The van der Waals surface area contributed by atoms with Crippen molar-refractivity contribution in [3.05, 3.63) is 51.7 Å². The summed E-state index contributed by atoms with van der Waals surface area (Å²) in [5, 5.41) is 12.2. The van der Waals surface area contributed by atoms with E-state index in [2.05, 4.69) is 24.4 Å². The number of carbonyl (C=O) groups is 1. The Morgan fingerprint density at radius 3 is 2.61 bits per heavy atom. The van der Waals surface area contributed by atoms with Crippen LogP contribution in [0.3, 0.4) is 0 Å². The Morgan fingerprint density at radius 1 is 1.22 bits per heavy atom. The molecule has 2 aromatic rings. The molecule has 0 saturated carbocycles. The van der Waals surface area contributed by atoms with E-state index in [1.807, 2.05) is 6.07 Å². The molecule has 0 bridgehead atoms. The maximum absolute atomic E-state index is 11.0. The number of nitrogens with one attached hydrogen (secondary N) is 1. The number of carboxylic acids is 1. The van der Waals surface area contributed by atoms with Gasteiger partial charge in [0, 0.05) is 22.0 Å². The van der Waals surface area contributed by atoms with Gasteiger partial charge in [-0.1, -0.05) is 19.1 Å². The Hall–Kier alpha value is -1.81. The molecule has 0 spiro atoms. The van der Waals surface area contributed by atoms with Gasteiger partial charge in [-0.3, -0.25) is 0 Å². The smallest absolute Gasteiger partial charge is 0.337 e. The van der Waals surface area contributed by atoms with E-state index in [-0.39, 0.29) is 0 Å². The Kier molecular flexibility index (Phi) is 3.99. The highest BCUT2D eigenvalue weighted by molar-refractivity contribution is 7.12. The van der Waals surface area contributed by atoms with E-state index in [1.54, 1.807) is 29.5 Å². The largest absolute Gasteiger partial charge is 0.478 e. The van der Waals surface area contributed by atoms with Crippen LogP contribution in [0.25, 0.3) is 0 Å². The van der Waals surface area contributed by atoms with Crippen LogP contribution < -0.4 is 5.32 Å². The van der Waals surface area contributed by atoms with Crippen LogP contribution in [0, 0.1) is 0 Å². The van der Waals surface area contributed by atoms with Gasteiger partial charge in [0.1, 0.15) is 0 Å². The number of aryl methyl sites for hydroxylation is 1. The molecule has 0 aliphatic carbocycles. The molecule has 4 heteroatoms. The first-order chi connectivity index (χ1) is 8.70. The fourth-order valence-corrected chi connectivity index (χ4v) is 2.61. The number of hydrogen-bond acceptors (Lipinski definition) is 3. The number of carboxylic acid groups (broad SMARTS) is 1. The highest BCUT2D eigenvalue weighted by Gasteiger charge is 2.08.